The predicted octanol–water partition coefficient (Wildman–Crippen LogP) is 4.22. The first-order chi connectivity index (χ1) is 16.5. The maximum Gasteiger partial charge on any atom is 0.302 e. The van der Waals surface area contributed by atoms with E-state index in [1.807, 2.05) is 26.8 Å². The summed E-state index contributed by atoms with van der Waals surface area (Å²) < 4.78 is 9.25. The molecule has 0 aliphatic carbocycles. The van der Waals surface area contributed by atoms with Crippen LogP contribution in [0.3, 0.4) is 0 Å². The van der Waals surface area contributed by atoms with Gasteiger partial charge in [0.1, 0.15) is 18.2 Å². The van der Waals surface area contributed by atoms with E-state index in [1.54, 1.807) is 49.9 Å². The van der Waals surface area contributed by atoms with Crippen molar-refractivity contribution in [3.63, 3.8) is 0 Å². The van der Waals surface area contributed by atoms with Gasteiger partial charge in [-0.1, -0.05) is 6.07 Å². The van der Waals surface area contributed by atoms with E-state index >= 15 is 0 Å². The van der Waals surface area contributed by atoms with Crippen LogP contribution in [0, 0.1) is 6.92 Å². The minimum atomic E-state index is -0.662. The third kappa shape index (κ3) is 6.63. The number of anilines is 2. The molecule has 0 aliphatic rings. The minimum Gasteiger partial charge on any atom is -0.463 e. The highest BCUT2D eigenvalue weighted by Crippen LogP contribution is 2.29. The highest BCUT2D eigenvalue weighted by atomic mass is 32.1. The number of amides is 2. The number of nitrogens with zero attached hydrogens (tertiary/aromatic N) is 3. The molecule has 35 heavy (non-hydrogen) atoms. The molecule has 2 amide bonds. The number of pyridine rings is 1. The summed E-state index contributed by atoms with van der Waals surface area (Å²) in [6.45, 7) is 7.08. The molecule has 3 aromatic rings. The molecule has 9 nitrogen and oxygen atoms in total. The molecule has 2 heterocycles. The SMILES string of the molecule is CC(=O)OCC(C)(C)Nc1ncc(-c2cc(C(=O)Nc3ccsn3)ccc2C)cc1C(=O)N(C)C. The predicted molar refractivity (Wildman–Crippen MR) is 137 cm³/mol. The zero-order chi connectivity index (χ0) is 25.8. The highest BCUT2D eigenvalue weighted by Gasteiger charge is 2.25. The van der Waals surface area contributed by atoms with Crippen molar-refractivity contribution in [3.8, 4) is 11.1 Å². The third-order valence-electron chi connectivity index (χ3n) is 5.11. The van der Waals surface area contributed by atoms with Crippen molar-refractivity contribution in [3.05, 3.63) is 58.6 Å². The Hall–Kier alpha value is -3.79. The molecule has 2 aromatic heterocycles. The van der Waals surface area contributed by atoms with Crippen LogP contribution in [-0.2, 0) is 9.53 Å². The first kappa shape index (κ1) is 25.8. The van der Waals surface area contributed by atoms with E-state index < -0.39 is 5.54 Å². The fraction of sp³-hybridized carbons (Fsp3) is 0.320. The van der Waals surface area contributed by atoms with Gasteiger partial charge in [-0.05, 0) is 67.7 Å². The van der Waals surface area contributed by atoms with Crippen LogP contribution in [-0.4, -0.2) is 58.3 Å². The molecule has 0 saturated heterocycles. The lowest BCUT2D eigenvalue weighted by Gasteiger charge is -2.28. The number of carbonyl (C=O) groups is 3. The summed E-state index contributed by atoms with van der Waals surface area (Å²) in [6.07, 6.45) is 1.65. The second kappa shape index (κ2) is 10.6. The number of aromatic nitrogens is 2. The summed E-state index contributed by atoms with van der Waals surface area (Å²) in [5, 5.41) is 7.78. The molecule has 0 atom stereocenters. The summed E-state index contributed by atoms with van der Waals surface area (Å²) in [5.74, 6) is -0.0310. The van der Waals surface area contributed by atoms with Crippen molar-refractivity contribution >= 4 is 41.0 Å². The number of carbonyl (C=O) groups excluding carboxylic acids is 3. The van der Waals surface area contributed by atoms with Gasteiger partial charge in [0, 0.05) is 43.7 Å². The maximum absolute atomic E-state index is 13.0. The van der Waals surface area contributed by atoms with Crippen molar-refractivity contribution in [2.45, 2.75) is 33.2 Å². The van der Waals surface area contributed by atoms with E-state index in [-0.39, 0.29) is 24.4 Å². The number of aryl methyl sites for hydroxylation is 1. The van der Waals surface area contributed by atoms with Crippen LogP contribution < -0.4 is 10.6 Å². The molecule has 184 valence electrons. The molecule has 10 heteroatoms. The van der Waals surface area contributed by atoms with Gasteiger partial charge in [0.05, 0.1) is 11.1 Å². The lowest BCUT2D eigenvalue weighted by Crippen LogP contribution is -2.38. The third-order valence-corrected chi connectivity index (χ3v) is 5.67. The molecule has 1 aromatic carbocycles. The Morgan fingerprint density at radius 1 is 1.14 bits per heavy atom. The number of nitrogens with one attached hydrogen (secondary N) is 2. The zero-order valence-electron chi connectivity index (χ0n) is 20.6. The van der Waals surface area contributed by atoms with Gasteiger partial charge in [-0.3, -0.25) is 14.4 Å². The monoisotopic (exact) mass is 495 g/mol. The van der Waals surface area contributed by atoms with Gasteiger partial charge in [0.2, 0.25) is 0 Å². The van der Waals surface area contributed by atoms with E-state index in [9.17, 15) is 14.4 Å². The highest BCUT2D eigenvalue weighted by molar-refractivity contribution is 7.03. The molecule has 0 unspecified atom stereocenters. The summed E-state index contributed by atoms with van der Waals surface area (Å²) in [4.78, 5) is 43.0. The largest absolute Gasteiger partial charge is 0.463 e. The van der Waals surface area contributed by atoms with Crippen LogP contribution >= 0.6 is 11.5 Å². The van der Waals surface area contributed by atoms with Crippen molar-refractivity contribution in [1.29, 1.82) is 0 Å². The molecule has 3 rings (SSSR count). The molecule has 0 radical (unpaired) electrons. The smallest absolute Gasteiger partial charge is 0.302 e. The van der Waals surface area contributed by atoms with Crippen molar-refractivity contribution in [1.82, 2.24) is 14.3 Å². The number of benzene rings is 1. The minimum absolute atomic E-state index is 0.108. The molecule has 0 aliphatic heterocycles. The number of ether oxygens (including phenoxy) is 1. The zero-order valence-corrected chi connectivity index (χ0v) is 21.4. The van der Waals surface area contributed by atoms with Crippen molar-refractivity contribution in [2.24, 2.45) is 0 Å². The Labute approximate surface area is 208 Å². The maximum atomic E-state index is 13.0. The first-order valence-corrected chi connectivity index (χ1v) is 11.8. The van der Waals surface area contributed by atoms with E-state index in [2.05, 4.69) is 20.0 Å². The number of esters is 1. The van der Waals surface area contributed by atoms with Gasteiger partial charge in [-0.25, -0.2) is 4.98 Å². The van der Waals surface area contributed by atoms with Crippen molar-refractivity contribution in [2.75, 3.05) is 31.3 Å². The van der Waals surface area contributed by atoms with Crippen LogP contribution in [0.25, 0.3) is 11.1 Å². The molecule has 0 spiro atoms. The topological polar surface area (TPSA) is 114 Å². The van der Waals surface area contributed by atoms with E-state index in [1.165, 1.54) is 23.4 Å². The fourth-order valence-electron chi connectivity index (χ4n) is 3.29. The lowest BCUT2D eigenvalue weighted by molar-refractivity contribution is -0.142. The van der Waals surface area contributed by atoms with Gasteiger partial charge >= 0.3 is 5.97 Å². The summed E-state index contributed by atoms with van der Waals surface area (Å²) in [7, 11) is 3.33. The molecule has 0 bridgehead atoms. The normalized spacial score (nSPS) is 11.0. The Bertz CT molecular complexity index is 1240. The quantitative estimate of drug-likeness (QED) is 0.450. The van der Waals surface area contributed by atoms with Crippen molar-refractivity contribution < 1.29 is 19.1 Å². The van der Waals surface area contributed by atoms with Gasteiger partial charge in [0.25, 0.3) is 11.8 Å². The standard InChI is InChI=1S/C25H29N5O4S/c1-15-7-8-17(23(32)27-21-9-10-35-29-21)11-19(15)18-12-20(24(33)30(5)6)22(26-13-18)28-25(3,4)14-34-16(2)31/h7-13H,14H2,1-6H3,(H,26,28)(H,27,29,32). The Morgan fingerprint density at radius 2 is 1.89 bits per heavy atom. The molecular formula is C25H29N5O4S. The van der Waals surface area contributed by atoms with Gasteiger partial charge in [0.15, 0.2) is 0 Å². The van der Waals surface area contributed by atoms with E-state index in [0.29, 0.717) is 28.3 Å². The fourth-order valence-corrected chi connectivity index (χ4v) is 3.76. The van der Waals surface area contributed by atoms with Crippen LogP contribution in [0.1, 0.15) is 47.1 Å². The van der Waals surface area contributed by atoms with Crippen LogP contribution in [0.5, 0.6) is 0 Å². The second-order valence-electron chi connectivity index (χ2n) is 8.98. The van der Waals surface area contributed by atoms with Gasteiger partial charge < -0.3 is 20.3 Å². The Morgan fingerprint density at radius 3 is 2.51 bits per heavy atom. The molecule has 2 N–H and O–H groups in total. The first-order valence-electron chi connectivity index (χ1n) is 10.9. The van der Waals surface area contributed by atoms with E-state index in [4.69, 9.17) is 4.74 Å². The number of rotatable bonds is 8. The van der Waals surface area contributed by atoms with Crippen LogP contribution in [0.2, 0.25) is 0 Å². The number of hydrogen-bond acceptors (Lipinski definition) is 8. The van der Waals surface area contributed by atoms with Crippen LogP contribution in [0.4, 0.5) is 11.6 Å². The number of hydrogen-bond donors (Lipinski definition) is 2. The summed E-state index contributed by atoms with van der Waals surface area (Å²) in [6, 6.07) is 8.86. The van der Waals surface area contributed by atoms with Gasteiger partial charge in [-0.15, -0.1) is 0 Å². The van der Waals surface area contributed by atoms with Gasteiger partial charge in [-0.2, -0.15) is 4.37 Å². The molecule has 0 fully saturated rings. The Balaban J connectivity index is 1.98. The summed E-state index contributed by atoms with van der Waals surface area (Å²) in [5.41, 5.74) is 2.56. The average Bonchev–Trinajstić information content (AvgIpc) is 3.30. The average molecular weight is 496 g/mol. The molecular weight excluding hydrogens is 466 g/mol. The summed E-state index contributed by atoms with van der Waals surface area (Å²) >= 11 is 1.26. The van der Waals surface area contributed by atoms with E-state index in [0.717, 1.165) is 11.1 Å². The molecule has 0 saturated carbocycles. The lowest BCUT2D eigenvalue weighted by atomic mass is 9.97. The Kier molecular flexibility index (Phi) is 7.85. The van der Waals surface area contributed by atoms with Crippen LogP contribution in [0.15, 0.2) is 41.9 Å². The second-order valence-corrected chi connectivity index (χ2v) is 9.64.